The molecule has 0 saturated carbocycles. The molecule has 164 valence electrons. The summed E-state index contributed by atoms with van der Waals surface area (Å²) in [6.45, 7) is 4.22. The number of aromatic amines is 2. The molecule has 0 amide bonds. The lowest BCUT2D eigenvalue weighted by atomic mass is 10.0. The number of anilines is 1. The molecule has 6 aromatic rings. The summed E-state index contributed by atoms with van der Waals surface area (Å²) in [7, 11) is 0. The summed E-state index contributed by atoms with van der Waals surface area (Å²) >= 11 is 0. The zero-order valence-corrected chi connectivity index (χ0v) is 18.8. The van der Waals surface area contributed by atoms with Gasteiger partial charge in [0.1, 0.15) is 5.69 Å². The predicted molar refractivity (Wildman–Crippen MR) is 136 cm³/mol. The van der Waals surface area contributed by atoms with Crippen LogP contribution in [0.15, 0.2) is 73.3 Å². The number of hydrogen-bond donors (Lipinski definition) is 3. The number of aromatic nitrogens is 5. The van der Waals surface area contributed by atoms with Crippen molar-refractivity contribution in [2.24, 2.45) is 0 Å². The molecule has 0 aliphatic carbocycles. The number of H-pyrrole nitrogens is 2. The van der Waals surface area contributed by atoms with Crippen LogP contribution < -0.4 is 5.32 Å². The largest absolute Gasteiger partial charge is 0.376 e. The van der Waals surface area contributed by atoms with Crippen molar-refractivity contribution in [1.29, 1.82) is 0 Å². The lowest BCUT2D eigenvalue weighted by Crippen LogP contribution is -2.09. The number of rotatable bonds is 5. The molecule has 0 radical (unpaired) electrons. The third-order valence-corrected chi connectivity index (χ3v) is 5.87. The van der Waals surface area contributed by atoms with Gasteiger partial charge in [-0.3, -0.25) is 15.1 Å². The van der Waals surface area contributed by atoms with Gasteiger partial charge in [-0.15, -0.1) is 0 Å². The minimum absolute atomic E-state index is 0.330. The molecule has 4 heterocycles. The summed E-state index contributed by atoms with van der Waals surface area (Å²) < 4.78 is 0. The smallest absolute Gasteiger partial charge is 0.116 e. The van der Waals surface area contributed by atoms with Crippen LogP contribution in [0.4, 0.5) is 5.69 Å². The first-order valence-corrected chi connectivity index (χ1v) is 11.2. The average molecular weight is 443 g/mol. The highest BCUT2D eigenvalue weighted by atomic mass is 15.1. The van der Waals surface area contributed by atoms with E-state index in [9.17, 15) is 0 Å². The van der Waals surface area contributed by atoms with Gasteiger partial charge >= 0.3 is 0 Å². The van der Waals surface area contributed by atoms with Crippen LogP contribution in [0.1, 0.15) is 13.8 Å². The lowest BCUT2D eigenvalue weighted by Gasteiger charge is -2.09. The molecule has 0 aliphatic heterocycles. The first-order valence-electron chi connectivity index (χ1n) is 11.2. The van der Waals surface area contributed by atoms with Crippen molar-refractivity contribution < 1.29 is 0 Å². The molecule has 0 unspecified atom stereocenters. The summed E-state index contributed by atoms with van der Waals surface area (Å²) in [6, 6.07) is 23.1. The Labute approximate surface area is 197 Å². The second-order valence-electron chi connectivity index (χ2n) is 8.63. The zero-order valence-electron chi connectivity index (χ0n) is 18.8. The van der Waals surface area contributed by atoms with Gasteiger partial charge in [-0.25, -0.2) is 0 Å². The molecular formula is C28H22N6. The van der Waals surface area contributed by atoms with E-state index in [-0.39, 0.29) is 0 Å². The van der Waals surface area contributed by atoms with Gasteiger partial charge in [-0.05, 0) is 79.1 Å². The zero-order chi connectivity index (χ0) is 23.1. The van der Waals surface area contributed by atoms with Crippen molar-refractivity contribution in [3.8, 4) is 33.6 Å². The molecule has 2 aromatic carbocycles. The van der Waals surface area contributed by atoms with E-state index in [4.69, 9.17) is 0 Å². The third kappa shape index (κ3) is 3.54. The van der Waals surface area contributed by atoms with Crippen LogP contribution in [0.2, 0.25) is 0 Å². The summed E-state index contributed by atoms with van der Waals surface area (Å²) in [5.41, 5.74) is 9.02. The monoisotopic (exact) mass is 442 g/mol. The number of nitrogens with one attached hydrogen (secondary N) is 3. The molecule has 6 nitrogen and oxygen atoms in total. The minimum Gasteiger partial charge on any atom is -0.376 e. The van der Waals surface area contributed by atoms with Gasteiger partial charge in [-0.1, -0.05) is 12.1 Å². The van der Waals surface area contributed by atoms with Crippen LogP contribution in [-0.4, -0.2) is 31.2 Å². The fraction of sp³-hybridized carbons (Fsp3) is 0.107. The Morgan fingerprint density at radius 1 is 0.853 bits per heavy atom. The van der Waals surface area contributed by atoms with Crippen molar-refractivity contribution >= 4 is 27.5 Å². The maximum atomic E-state index is 4.64. The first-order chi connectivity index (χ1) is 16.7. The molecule has 6 rings (SSSR count). The Bertz CT molecular complexity index is 1610. The van der Waals surface area contributed by atoms with E-state index in [2.05, 4.69) is 86.8 Å². The van der Waals surface area contributed by atoms with Crippen LogP contribution >= 0.6 is 0 Å². The van der Waals surface area contributed by atoms with E-state index in [1.165, 1.54) is 0 Å². The van der Waals surface area contributed by atoms with Gasteiger partial charge in [-0.2, -0.15) is 5.10 Å². The van der Waals surface area contributed by atoms with Gasteiger partial charge in [0, 0.05) is 41.0 Å². The summed E-state index contributed by atoms with van der Waals surface area (Å²) in [5, 5.41) is 13.4. The standard InChI is InChI=1S/C28H22N6/c1-17(2)31-21-5-3-4-19(12-21)20-6-7-25-23(13-20)28(34-33-25)26-14-22-24(15-30-16-27(22)32-26)18-8-10-29-11-9-18/h4,6-17,31-32H,1-2H3,(H,33,34). The number of benzene rings is 1. The molecule has 0 saturated heterocycles. The maximum absolute atomic E-state index is 4.64. The number of nitrogens with zero attached hydrogens (tertiary/aromatic N) is 3. The molecule has 6 heteroatoms. The Morgan fingerprint density at radius 2 is 1.74 bits per heavy atom. The van der Waals surface area contributed by atoms with E-state index in [0.717, 1.165) is 61.1 Å². The second kappa shape index (κ2) is 8.05. The third-order valence-electron chi connectivity index (χ3n) is 5.87. The van der Waals surface area contributed by atoms with Gasteiger partial charge in [0.2, 0.25) is 0 Å². The van der Waals surface area contributed by atoms with E-state index in [1.807, 2.05) is 30.6 Å². The summed E-state index contributed by atoms with van der Waals surface area (Å²) in [5.74, 6) is 0. The van der Waals surface area contributed by atoms with E-state index < -0.39 is 0 Å². The van der Waals surface area contributed by atoms with Crippen molar-refractivity contribution in [2.45, 2.75) is 19.9 Å². The highest BCUT2D eigenvalue weighted by Gasteiger charge is 2.14. The van der Waals surface area contributed by atoms with Crippen molar-refractivity contribution in [3.05, 3.63) is 85.5 Å². The average Bonchev–Trinajstić information content (AvgIpc) is 3.48. The Balaban J connectivity index is 1.45. The highest BCUT2D eigenvalue weighted by molar-refractivity contribution is 6.01. The Kier molecular flexibility index (Phi) is 4.74. The van der Waals surface area contributed by atoms with Crippen LogP contribution in [0, 0.1) is 12.1 Å². The summed E-state index contributed by atoms with van der Waals surface area (Å²) in [6.07, 6.45) is 7.34. The normalized spacial score (nSPS) is 11.3. The van der Waals surface area contributed by atoms with Crippen LogP contribution in [0.3, 0.4) is 0 Å². The topological polar surface area (TPSA) is 82.3 Å². The lowest BCUT2D eigenvalue weighted by molar-refractivity contribution is 0.900. The van der Waals surface area contributed by atoms with Gasteiger partial charge < -0.3 is 10.3 Å². The fourth-order valence-corrected chi connectivity index (χ4v) is 4.32. The maximum Gasteiger partial charge on any atom is 0.116 e. The highest BCUT2D eigenvalue weighted by Crippen LogP contribution is 2.34. The second-order valence-corrected chi connectivity index (χ2v) is 8.63. The van der Waals surface area contributed by atoms with Crippen molar-refractivity contribution in [2.75, 3.05) is 5.32 Å². The van der Waals surface area contributed by atoms with Crippen LogP contribution in [-0.2, 0) is 0 Å². The molecule has 0 bridgehead atoms. The molecule has 0 spiro atoms. The Hall–Kier alpha value is -4.63. The first kappa shape index (κ1) is 20.0. The number of fused-ring (bicyclic) bond motifs is 2. The fourth-order valence-electron chi connectivity index (χ4n) is 4.32. The molecule has 0 fully saturated rings. The van der Waals surface area contributed by atoms with E-state index >= 15 is 0 Å². The molecule has 0 aliphatic rings. The quantitative estimate of drug-likeness (QED) is 0.294. The SMILES string of the molecule is CC(C)Nc1c#ccc(-c2ccc3[nH]nc(-c4cc5c(-c6ccncc6)cncc5[nH]4)c3c2)c1. The Morgan fingerprint density at radius 3 is 2.59 bits per heavy atom. The molecule has 3 N–H and O–H groups in total. The van der Waals surface area contributed by atoms with Crippen LogP contribution in [0.25, 0.3) is 55.4 Å². The predicted octanol–water partition coefficient (Wildman–Crippen LogP) is 6.26. The summed E-state index contributed by atoms with van der Waals surface area (Å²) in [4.78, 5) is 12.1. The van der Waals surface area contributed by atoms with Gasteiger partial charge in [0.15, 0.2) is 0 Å². The van der Waals surface area contributed by atoms with E-state index in [1.54, 1.807) is 12.4 Å². The number of hydrogen-bond acceptors (Lipinski definition) is 4. The van der Waals surface area contributed by atoms with Crippen molar-refractivity contribution in [1.82, 2.24) is 25.1 Å². The van der Waals surface area contributed by atoms with E-state index in [0.29, 0.717) is 6.04 Å². The van der Waals surface area contributed by atoms with Gasteiger partial charge in [0.05, 0.1) is 28.6 Å². The molecule has 4 aromatic heterocycles. The molecule has 0 atom stereocenters. The van der Waals surface area contributed by atoms with Crippen molar-refractivity contribution in [3.63, 3.8) is 0 Å². The van der Waals surface area contributed by atoms with Crippen LogP contribution in [0.5, 0.6) is 0 Å². The molecular weight excluding hydrogens is 420 g/mol. The minimum atomic E-state index is 0.330. The molecule has 34 heavy (non-hydrogen) atoms. The van der Waals surface area contributed by atoms with Gasteiger partial charge in [0.25, 0.3) is 0 Å². The number of pyridine rings is 2.